The third-order valence-corrected chi connectivity index (χ3v) is 3.84. The molecule has 2 rings (SSSR count). The Bertz CT molecular complexity index is 522. The molecular weight excluding hydrogens is 334 g/mol. The SMILES string of the molecule is O=C(N/C=C/c1ccc(Br)cc1)NC(=O)C1CCNCC1. The van der Waals surface area contributed by atoms with Crippen molar-refractivity contribution < 1.29 is 9.59 Å². The highest BCUT2D eigenvalue weighted by atomic mass is 79.9. The molecule has 0 unspecified atom stereocenters. The molecule has 0 atom stereocenters. The van der Waals surface area contributed by atoms with E-state index >= 15 is 0 Å². The van der Waals surface area contributed by atoms with Crippen LogP contribution in [0.2, 0.25) is 0 Å². The molecule has 0 saturated carbocycles. The fraction of sp³-hybridized carbons (Fsp3) is 0.333. The Morgan fingerprint density at radius 3 is 2.52 bits per heavy atom. The molecule has 0 aromatic heterocycles. The van der Waals surface area contributed by atoms with Crippen LogP contribution in [0.25, 0.3) is 6.08 Å². The van der Waals surface area contributed by atoms with Gasteiger partial charge in [0.05, 0.1) is 0 Å². The third kappa shape index (κ3) is 5.32. The maximum atomic E-state index is 11.9. The molecule has 3 N–H and O–H groups in total. The molecule has 1 aliphatic heterocycles. The molecule has 1 aromatic carbocycles. The summed E-state index contributed by atoms with van der Waals surface area (Å²) < 4.78 is 0.998. The van der Waals surface area contributed by atoms with Gasteiger partial charge >= 0.3 is 6.03 Å². The first kappa shape index (κ1) is 15.7. The first-order valence-corrected chi connectivity index (χ1v) is 7.68. The van der Waals surface area contributed by atoms with Crippen LogP contribution in [0.3, 0.4) is 0 Å². The molecule has 1 aromatic rings. The summed E-state index contributed by atoms with van der Waals surface area (Å²) in [6.07, 6.45) is 4.83. The maximum Gasteiger partial charge on any atom is 0.325 e. The van der Waals surface area contributed by atoms with E-state index < -0.39 is 6.03 Å². The molecule has 1 saturated heterocycles. The smallest absolute Gasteiger partial charge is 0.317 e. The van der Waals surface area contributed by atoms with Crippen molar-refractivity contribution in [2.24, 2.45) is 5.92 Å². The minimum atomic E-state index is -0.494. The Labute approximate surface area is 132 Å². The Morgan fingerprint density at radius 2 is 1.86 bits per heavy atom. The van der Waals surface area contributed by atoms with E-state index in [1.165, 1.54) is 6.20 Å². The number of piperidine rings is 1. The van der Waals surface area contributed by atoms with Gasteiger partial charge in [-0.3, -0.25) is 10.1 Å². The van der Waals surface area contributed by atoms with Crippen molar-refractivity contribution in [1.82, 2.24) is 16.0 Å². The van der Waals surface area contributed by atoms with Crippen molar-refractivity contribution in [1.29, 1.82) is 0 Å². The van der Waals surface area contributed by atoms with Crippen LogP contribution in [0.5, 0.6) is 0 Å². The monoisotopic (exact) mass is 351 g/mol. The number of halogens is 1. The second-order valence-electron chi connectivity index (χ2n) is 4.87. The Hall–Kier alpha value is -1.66. The molecule has 0 aliphatic carbocycles. The largest absolute Gasteiger partial charge is 0.325 e. The molecule has 0 bridgehead atoms. The van der Waals surface area contributed by atoms with Gasteiger partial charge in [0.25, 0.3) is 0 Å². The minimum absolute atomic E-state index is 0.0764. The minimum Gasteiger partial charge on any atom is -0.317 e. The first-order chi connectivity index (χ1) is 10.1. The van der Waals surface area contributed by atoms with E-state index in [-0.39, 0.29) is 11.8 Å². The lowest BCUT2D eigenvalue weighted by Crippen LogP contribution is -2.43. The van der Waals surface area contributed by atoms with Crippen LogP contribution in [0, 0.1) is 5.92 Å². The fourth-order valence-corrected chi connectivity index (χ4v) is 2.39. The molecule has 112 valence electrons. The highest BCUT2D eigenvalue weighted by Crippen LogP contribution is 2.12. The van der Waals surface area contributed by atoms with Gasteiger partial charge in [-0.2, -0.15) is 0 Å². The summed E-state index contributed by atoms with van der Waals surface area (Å²) in [4.78, 5) is 23.5. The van der Waals surface area contributed by atoms with E-state index in [4.69, 9.17) is 0 Å². The van der Waals surface area contributed by atoms with Crippen molar-refractivity contribution >= 4 is 33.9 Å². The number of nitrogens with one attached hydrogen (secondary N) is 3. The van der Waals surface area contributed by atoms with Crippen LogP contribution in [-0.2, 0) is 4.79 Å². The zero-order chi connectivity index (χ0) is 15.1. The Kier molecular flexibility index (Phi) is 5.95. The van der Waals surface area contributed by atoms with E-state index in [2.05, 4.69) is 31.9 Å². The van der Waals surface area contributed by atoms with Crippen LogP contribution in [-0.4, -0.2) is 25.0 Å². The van der Waals surface area contributed by atoms with Gasteiger partial charge < -0.3 is 10.6 Å². The van der Waals surface area contributed by atoms with Crippen LogP contribution >= 0.6 is 15.9 Å². The van der Waals surface area contributed by atoms with Crippen LogP contribution in [0.15, 0.2) is 34.9 Å². The average molecular weight is 352 g/mol. The lowest BCUT2D eigenvalue weighted by atomic mass is 9.97. The number of benzene rings is 1. The second-order valence-corrected chi connectivity index (χ2v) is 5.79. The summed E-state index contributed by atoms with van der Waals surface area (Å²) >= 11 is 3.36. The van der Waals surface area contributed by atoms with Crippen molar-refractivity contribution in [3.05, 3.63) is 40.5 Å². The zero-order valence-corrected chi connectivity index (χ0v) is 13.2. The van der Waals surface area contributed by atoms with Crippen molar-refractivity contribution in [3.8, 4) is 0 Å². The molecule has 5 nitrogen and oxygen atoms in total. The lowest BCUT2D eigenvalue weighted by molar-refractivity contribution is -0.124. The summed E-state index contributed by atoms with van der Waals surface area (Å²) in [5, 5.41) is 8.09. The maximum absolute atomic E-state index is 11.9. The zero-order valence-electron chi connectivity index (χ0n) is 11.6. The van der Waals surface area contributed by atoms with Crippen LogP contribution in [0.1, 0.15) is 18.4 Å². The number of carbonyl (C=O) groups is 2. The number of carbonyl (C=O) groups excluding carboxylic acids is 2. The summed E-state index contributed by atoms with van der Waals surface area (Å²) in [5.41, 5.74) is 0.961. The van der Waals surface area contributed by atoms with Gasteiger partial charge in [-0.05, 0) is 49.7 Å². The number of urea groups is 1. The van der Waals surface area contributed by atoms with Gasteiger partial charge in [0.1, 0.15) is 0 Å². The molecule has 1 heterocycles. The standard InChI is InChI=1S/C15H18BrN3O2/c16-13-3-1-11(2-4-13)5-10-18-15(21)19-14(20)12-6-8-17-9-7-12/h1-5,10,12,17H,6-9H2,(H2,18,19,20,21)/b10-5+. The van der Waals surface area contributed by atoms with Crippen molar-refractivity contribution in [2.75, 3.05) is 13.1 Å². The number of amides is 3. The van der Waals surface area contributed by atoms with E-state index in [9.17, 15) is 9.59 Å². The summed E-state index contributed by atoms with van der Waals surface area (Å²) in [6, 6.07) is 7.17. The van der Waals surface area contributed by atoms with Gasteiger partial charge in [-0.25, -0.2) is 4.79 Å². The number of hydrogen-bond acceptors (Lipinski definition) is 3. The number of imide groups is 1. The molecule has 0 spiro atoms. The van der Waals surface area contributed by atoms with Gasteiger partial charge in [-0.1, -0.05) is 28.1 Å². The topological polar surface area (TPSA) is 70.2 Å². The number of rotatable bonds is 3. The van der Waals surface area contributed by atoms with Crippen molar-refractivity contribution in [2.45, 2.75) is 12.8 Å². The lowest BCUT2D eigenvalue weighted by Gasteiger charge is -2.21. The molecule has 21 heavy (non-hydrogen) atoms. The quantitative estimate of drug-likeness (QED) is 0.782. The summed E-state index contributed by atoms with van der Waals surface area (Å²) in [7, 11) is 0. The van der Waals surface area contributed by atoms with Crippen LogP contribution < -0.4 is 16.0 Å². The van der Waals surface area contributed by atoms with Gasteiger partial charge in [0, 0.05) is 16.6 Å². The van der Waals surface area contributed by atoms with Crippen LogP contribution in [0.4, 0.5) is 4.79 Å². The predicted octanol–water partition coefficient (Wildman–Crippen LogP) is 2.25. The van der Waals surface area contributed by atoms with E-state index in [0.717, 1.165) is 36.0 Å². The average Bonchev–Trinajstić information content (AvgIpc) is 2.50. The van der Waals surface area contributed by atoms with Gasteiger partial charge in [0.15, 0.2) is 0 Å². The summed E-state index contributed by atoms with van der Waals surface area (Å²) in [6.45, 7) is 1.65. The van der Waals surface area contributed by atoms with Crippen molar-refractivity contribution in [3.63, 3.8) is 0 Å². The highest BCUT2D eigenvalue weighted by Gasteiger charge is 2.21. The molecule has 1 fully saturated rings. The molecular formula is C15H18BrN3O2. The van der Waals surface area contributed by atoms with Gasteiger partial charge in [0.2, 0.25) is 5.91 Å². The van der Waals surface area contributed by atoms with E-state index in [1.54, 1.807) is 6.08 Å². The Morgan fingerprint density at radius 1 is 1.19 bits per heavy atom. The summed E-state index contributed by atoms with van der Waals surface area (Å²) in [5.74, 6) is -0.279. The number of hydrogen-bond donors (Lipinski definition) is 3. The second kappa shape index (κ2) is 7.95. The highest BCUT2D eigenvalue weighted by molar-refractivity contribution is 9.10. The first-order valence-electron chi connectivity index (χ1n) is 6.89. The molecule has 6 heteroatoms. The predicted molar refractivity (Wildman–Crippen MR) is 85.4 cm³/mol. The Balaban J connectivity index is 1.76. The normalized spacial score (nSPS) is 15.9. The van der Waals surface area contributed by atoms with E-state index in [0.29, 0.717) is 0 Å². The fourth-order valence-electron chi connectivity index (χ4n) is 2.12. The van der Waals surface area contributed by atoms with E-state index in [1.807, 2.05) is 24.3 Å². The molecule has 0 radical (unpaired) electrons. The molecule has 1 aliphatic rings. The third-order valence-electron chi connectivity index (χ3n) is 3.31. The van der Waals surface area contributed by atoms with Gasteiger partial charge in [-0.15, -0.1) is 0 Å². The molecule has 3 amide bonds.